The number of carbonyl (C=O) groups is 2. The lowest BCUT2D eigenvalue weighted by molar-refractivity contribution is -0.137. The molecule has 6 nitrogen and oxygen atoms in total. The zero-order valence-corrected chi connectivity index (χ0v) is 19.7. The third-order valence-corrected chi connectivity index (χ3v) is 7.23. The summed E-state index contributed by atoms with van der Waals surface area (Å²) in [6.07, 6.45) is 1.27. The van der Waals surface area contributed by atoms with Crippen LogP contribution in [0.3, 0.4) is 0 Å². The molecule has 2 amide bonds. The van der Waals surface area contributed by atoms with Crippen LogP contribution < -0.4 is 10.2 Å². The molecule has 2 aromatic carbocycles. The summed E-state index contributed by atoms with van der Waals surface area (Å²) in [5, 5.41) is 3.70. The van der Waals surface area contributed by atoms with Gasteiger partial charge in [0.25, 0.3) is 11.8 Å². The van der Waals surface area contributed by atoms with Crippen LogP contribution in [0.25, 0.3) is 33.0 Å². The SMILES string of the molecule is Cn1cc(C2=C(c3cn(C)c4cc(C(F)(F)F)ccc34)C(=O)NC2=O)c2ccc(N3CCCC3)cc21. The minimum Gasteiger partial charge on any atom is -0.371 e. The van der Waals surface area contributed by atoms with Crippen molar-refractivity contribution in [3.05, 3.63) is 65.5 Å². The molecule has 4 aromatic rings. The average Bonchev–Trinajstić information content (AvgIpc) is 3.60. The van der Waals surface area contributed by atoms with Crippen molar-refractivity contribution >= 4 is 50.5 Å². The first kappa shape index (κ1) is 22.5. The van der Waals surface area contributed by atoms with Crippen molar-refractivity contribution in [3.8, 4) is 0 Å². The Labute approximate surface area is 204 Å². The second-order valence-corrected chi connectivity index (χ2v) is 9.47. The molecule has 1 fully saturated rings. The van der Waals surface area contributed by atoms with Crippen molar-refractivity contribution in [1.82, 2.24) is 14.5 Å². The number of aromatic nitrogens is 2. The highest BCUT2D eigenvalue weighted by Crippen LogP contribution is 2.40. The summed E-state index contributed by atoms with van der Waals surface area (Å²) in [5.41, 5.74) is 3.03. The van der Waals surface area contributed by atoms with Gasteiger partial charge < -0.3 is 14.0 Å². The molecule has 0 saturated carbocycles. The molecule has 0 spiro atoms. The number of imide groups is 1. The van der Waals surface area contributed by atoms with Crippen LogP contribution in [0.5, 0.6) is 0 Å². The van der Waals surface area contributed by atoms with Gasteiger partial charge in [-0.3, -0.25) is 14.9 Å². The molecule has 184 valence electrons. The highest BCUT2D eigenvalue weighted by atomic mass is 19.4. The summed E-state index contributed by atoms with van der Waals surface area (Å²) < 4.78 is 43.4. The molecule has 0 bridgehead atoms. The lowest BCUT2D eigenvalue weighted by atomic mass is 9.95. The second-order valence-electron chi connectivity index (χ2n) is 9.47. The molecular weight excluding hydrogens is 469 g/mol. The maximum atomic E-state index is 13.3. The van der Waals surface area contributed by atoms with Gasteiger partial charge in [0.2, 0.25) is 0 Å². The summed E-state index contributed by atoms with van der Waals surface area (Å²) in [5.74, 6) is -1.08. The molecule has 2 aromatic heterocycles. The number of hydrogen-bond donors (Lipinski definition) is 1. The number of rotatable bonds is 3. The smallest absolute Gasteiger partial charge is 0.371 e. The molecule has 2 aliphatic rings. The number of aryl methyl sites for hydroxylation is 2. The Morgan fingerprint density at radius 2 is 1.31 bits per heavy atom. The van der Waals surface area contributed by atoms with Gasteiger partial charge in [0.05, 0.1) is 22.2 Å². The van der Waals surface area contributed by atoms with Crippen LogP contribution in [-0.4, -0.2) is 34.0 Å². The molecule has 0 unspecified atom stereocenters. The predicted octanol–water partition coefficient (Wildman–Crippen LogP) is 4.86. The Morgan fingerprint density at radius 1 is 0.778 bits per heavy atom. The molecule has 4 heterocycles. The fourth-order valence-electron chi connectivity index (χ4n) is 5.47. The van der Waals surface area contributed by atoms with Gasteiger partial charge in [0.1, 0.15) is 0 Å². The molecule has 6 rings (SSSR count). The summed E-state index contributed by atoms with van der Waals surface area (Å²) in [6.45, 7) is 2.01. The third kappa shape index (κ3) is 3.33. The topological polar surface area (TPSA) is 59.3 Å². The summed E-state index contributed by atoms with van der Waals surface area (Å²) >= 11 is 0. The molecule has 0 atom stereocenters. The largest absolute Gasteiger partial charge is 0.416 e. The molecule has 36 heavy (non-hydrogen) atoms. The number of carbonyl (C=O) groups excluding carboxylic acids is 2. The van der Waals surface area contributed by atoms with Crippen molar-refractivity contribution in [2.75, 3.05) is 18.0 Å². The number of nitrogens with zero attached hydrogens (tertiary/aromatic N) is 3. The van der Waals surface area contributed by atoms with Crippen molar-refractivity contribution in [2.24, 2.45) is 14.1 Å². The fraction of sp³-hybridized carbons (Fsp3) is 0.259. The van der Waals surface area contributed by atoms with E-state index in [4.69, 9.17) is 0 Å². The van der Waals surface area contributed by atoms with Crippen molar-refractivity contribution < 1.29 is 22.8 Å². The Bertz CT molecular complexity index is 1620. The molecule has 9 heteroatoms. The predicted molar refractivity (Wildman–Crippen MR) is 132 cm³/mol. The summed E-state index contributed by atoms with van der Waals surface area (Å²) in [6, 6.07) is 9.51. The van der Waals surface area contributed by atoms with Crippen molar-refractivity contribution in [3.63, 3.8) is 0 Å². The fourth-order valence-corrected chi connectivity index (χ4v) is 5.47. The van der Waals surface area contributed by atoms with Crippen LogP contribution >= 0.6 is 0 Å². The van der Waals surface area contributed by atoms with E-state index in [-0.39, 0.29) is 11.1 Å². The van der Waals surface area contributed by atoms with Crippen LogP contribution in [-0.2, 0) is 29.9 Å². The minimum atomic E-state index is -4.49. The second kappa shape index (κ2) is 7.74. The maximum Gasteiger partial charge on any atom is 0.416 e. The van der Waals surface area contributed by atoms with Crippen LogP contribution in [0.4, 0.5) is 18.9 Å². The van der Waals surface area contributed by atoms with Crippen molar-refractivity contribution in [1.29, 1.82) is 0 Å². The number of alkyl halides is 3. The standard InChI is InChI=1S/C27H23F3N4O2/c1-32-13-19(17-7-5-15(11-21(17)32)27(28,29)30)23-24(26(36)31-25(23)35)20-14-33(2)22-12-16(6-8-18(20)22)34-9-3-4-10-34/h5-8,11-14H,3-4,9-10H2,1-2H3,(H,31,35,36). The molecule has 1 saturated heterocycles. The number of amides is 2. The maximum absolute atomic E-state index is 13.3. The molecule has 0 aliphatic carbocycles. The van der Waals surface area contributed by atoms with Gasteiger partial charge in [0, 0.05) is 72.7 Å². The Kier molecular flexibility index (Phi) is 4.83. The third-order valence-electron chi connectivity index (χ3n) is 7.23. The molecule has 0 radical (unpaired) electrons. The number of fused-ring (bicyclic) bond motifs is 2. The number of nitrogens with one attached hydrogen (secondary N) is 1. The molecule has 1 N–H and O–H groups in total. The minimum absolute atomic E-state index is 0.168. The van der Waals surface area contributed by atoms with E-state index < -0.39 is 23.6 Å². The van der Waals surface area contributed by atoms with Crippen LogP contribution in [0.15, 0.2) is 48.8 Å². The number of halogens is 3. The van der Waals surface area contributed by atoms with E-state index in [0.717, 1.165) is 54.7 Å². The van der Waals surface area contributed by atoms with Crippen LogP contribution in [0.1, 0.15) is 29.5 Å². The first-order chi connectivity index (χ1) is 17.1. The Morgan fingerprint density at radius 3 is 1.86 bits per heavy atom. The average molecular weight is 493 g/mol. The van der Waals surface area contributed by atoms with Crippen LogP contribution in [0.2, 0.25) is 0 Å². The van der Waals surface area contributed by atoms with Gasteiger partial charge in [-0.2, -0.15) is 13.2 Å². The summed E-state index contributed by atoms with van der Waals surface area (Å²) in [7, 11) is 3.52. The molecule has 2 aliphatic heterocycles. The Balaban J connectivity index is 1.55. The van der Waals surface area contributed by atoms with E-state index in [9.17, 15) is 22.8 Å². The summed E-state index contributed by atoms with van der Waals surface area (Å²) in [4.78, 5) is 28.4. The first-order valence-corrected chi connectivity index (χ1v) is 11.7. The number of anilines is 1. The number of benzene rings is 2. The van der Waals surface area contributed by atoms with Crippen molar-refractivity contribution in [2.45, 2.75) is 19.0 Å². The zero-order valence-electron chi connectivity index (χ0n) is 19.7. The van der Waals surface area contributed by atoms with Gasteiger partial charge in [-0.1, -0.05) is 12.1 Å². The number of hydrogen-bond acceptors (Lipinski definition) is 3. The zero-order chi connectivity index (χ0) is 25.4. The molecular formula is C27H23F3N4O2. The van der Waals surface area contributed by atoms with Gasteiger partial charge in [-0.05, 0) is 37.1 Å². The lowest BCUT2D eigenvalue weighted by Gasteiger charge is -2.17. The van der Waals surface area contributed by atoms with E-state index in [1.807, 2.05) is 29.9 Å². The van der Waals surface area contributed by atoms with Crippen LogP contribution in [0, 0.1) is 0 Å². The van der Waals surface area contributed by atoms with E-state index >= 15 is 0 Å². The van der Waals surface area contributed by atoms with Gasteiger partial charge in [0.15, 0.2) is 0 Å². The monoisotopic (exact) mass is 492 g/mol. The quantitative estimate of drug-likeness (QED) is 0.416. The normalized spacial score (nSPS) is 16.8. The van der Waals surface area contributed by atoms with Gasteiger partial charge in [-0.15, -0.1) is 0 Å². The van der Waals surface area contributed by atoms with Gasteiger partial charge >= 0.3 is 6.18 Å². The van der Waals surface area contributed by atoms with E-state index in [0.29, 0.717) is 22.0 Å². The highest BCUT2D eigenvalue weighted by molar-refractivity contribution is 6.50. The Hall–Kier alpha value is -4.01. The lowest BCUT2D eigenvalue weighted by Crippen LogP contribution is -2.22. The van der Waals surface area contributed by atoms with Gasteiger partial charge in [-0.25, -0.2) is 0 Å². The highest BCUT2D eigenvalue weighted by Gasteiger charge is 2.36. The van der Waals surface area contributed by atoms with E-state index in [1.165, 1.54) is 6.07 Å². The first-order valence-electron chi connectivity index (χ1n) is 11.7. The van der Waals surface area contributed by atoms with E-state index in [2.05, 4.69) is 16.3 Å². The van der Waals surface area contributed by atoms with E-state index in [1.54, 1.807) is 17.8 Å².